The fourth-order valence-corrected chi connectivity index (χ4v) is 4.40. The number of benzene rings is 1. The molecule has 0 aliphatic carbocycles. The molecule has 1 aromatic heterocycles. The molecule has 0 saturated carbocycles. The van der Waals surface area contributed by atoms with E-state index >= 15 is 0 Å². The second-order valence-electron chi connectivity index (χ2n) is 8.10. The minimum Gasteiger partial charge on any atom is -0.381 e. The molecule has 0 radical (unpaired) electrons. The monoisotopic (exact) mass is 393 g/mol. The number of piperazine rings is 1. The van der Waals surface area contributed by atoms with Crippen LogP contribution in [0.2, 0.25) is 0 Å². The van der Waals surface area contributed by atoms with Crippen LogP contribution < -0.4 is 0 Å². The number of amides is 1. The first-order chi connectivity index (χ1) is 14.3. The summed E-state index contributed by atoms with van der Waals surface area (Å²) in [6.45, 7) is 5.89. The smallest absolute Gasteiger partial charge is 0.225 e. The Hall–Kier alpha value is -2.37. The Kier molecular flexibility index (Phi) is 6.47. The molecule has 1 aromatic carbocycles. The van der Waals surface area contributed by atoms with Gasteiger partial charge in [0, 0.05) is 58.3 Å². The van der Waals surface area contributed by atoms with Crippen molar-refractivity contribution in [2.45, 2.75) is 24.8 Å². The second-order valence-corrected chi connectivity index (χ2v) is 8.10. The van der Waals surface area contributed by atoms with Gasteiger partial charge in [-0.3, -0.25) is 9.69 Å². The third-order valence-electron chi connectivity index (χ3n) is 6.25. The van der Waals surface area contributed by atoms with Gasteiger partial charge >= 0.3 is 0 Å². The van der Waals surface area contributed by atoms with Crippen LogP contribution in [0.1, 0.15) is 24.8 Å². The van der Waals surface area contributed by atoms with E-state index in [1.165, 1.54) is 5.56 Å². The van der Waals surface area contributed by atoms with Crippen molar-refractivity contribution in [3.63, 3.8) is 0 Å². The van der Waals surface area contributed by atoms with E-state index in [2.05, 4.69) is 63.2 Å². The van der Waals surface area contributed by atoms with Crippen LogP contribution in [0.3, 0.4) is 0 Å². The summed E-state index contributed by atoms with van der Waals surface area (Å²) in [7, 11) is 0. The van der Waals surface area contributed by atoms with Crippen LogP contribution in [0.4, 0.5) is 0 Å². The van der Waals surface area contributed by atoms with E-state index in [0.29, 0.717) is 6.42 Å². The first kappa shape index (κ1) is 19.9. The van der Waals surface area contributed by atoms with E-state index in [-0.39, 0.29) is 11.4 Å². The summed E-state index contributed by atoms with van der Waals surface area (Å²) in [6, 6.07) is 14.5. The summed E-state index contributed by atoms with van der Waals surface area (Å²) in [4.78, 5) is 17.6. The Morgan fingerprint density at radius 1 is 0.966 bits per heavy atom. The van der Waals surface area contributed by atoms with Gasteiger partial charge in [0.1, 0.15) is 0 Å². The fraction of sp³-hybridized carbons (Fsp3) is 0.458. The first-order valence-corrected chi connectivity index (χ1v) is 10.7. The van der Waals surface area contributed by atoms with Gasteiger partial charge in [-0.25, -0.2) is 0 Å². The lowest BCUT2D eigenvalue weighted by Crippen LogP contribution is -2.51. The Balaban J connectivity index is 1.29. The van der Waals surface area contributed by atoms with Gasteiger partial charge in [0.15, 0.2) is 0 Å². The van der Waals surface area contributed by atoms with E-state index < -0.39 is 0 Å². The molecule has 2 fully saturated rings. The SMILES string of the molecule is O=C(CC1(n2cccc2)CCOCC1)N1CCN(CC=Cc2ccccc2)CC1. The number of hydrogen-bond donors (Lipinski definition) is 0. The van der Waals surface area contributed by atoms with Gasteiger partial charge < -0.3 is 14.2 Å². The number of nitrogens with zero attached hydrogens (tertiary/aromatic N) is 3. The van der Waals surface area contributed by atoms with E-state index in [9.17, 15) is 4.79 Å². The molecule has 2 saturated heterocycles. The highest BCUT2D eigenvalue weighted by molar-refractivity contribution is 5.77. The van der Waals surface area contributed by atoms with Crippen LogP contribution >= 0.6 is 0 Å². The van der Waals surface area contributed by atoms with Crippen molar-refractivity contribution in [1.29, 1.82) is 0 Å². The van der Waals surface area contributed by atoms with Crippen molar-refractivity contribution in [2.75, 3.05) is 45.9 Å². The van der Waals surface area contributed by atoms with Crippen molar-refractivity contribution >= 4 is 12.0 Å². The molecule has 4 rings (SSSR count). The molecule has 2 aliphatic heterocycles. The summed E-state index contributed by atoms with van der Waals surface area (Å²) >= 11 is 0. The number of rotatable bonds is 6. The lowest BCUT2D eigenvalue weighted by molar-refractivity contribution is -0.136. The lowest BCUT2D eigenvalue weighted by atomic mass is 9.85. The van der Waals surface area contributed by atoms with Crippen LogP contribution in [0.5, 0.6) is 0 Å². The molecule has 2 aromatic rings. The third-order valence-corrected chi connectivity index (χ3v) is 6.25. The van der Waals surface area contributed by atoms with Crippen LogP contribution in [0.15, 0.2) is 60.9 Å². The maximum atomic E-state index is 13.1. The molecule has 0 bridgehead atoms. The van der Waals surface area contributed by atoms with Gasteiger partial charge in [0.25, 0.3) is 0 Å². The standard InChI is InChI=1S/C24H31N3O2/c28-23(21-24(10-19-29-20-11-24)27-13-4-5-14-27)26-17-15-25(16-18-26)12-6-9-22-7-2-1-3-8-22/h1-9,13-14H,10-12,15-21H2. The number of hydrogen-bond acceptors (Lipinski definition) is 3. The van der Waals surface area contributed by atoms with Gasteiger partial charge in [-0.15, -0.1) is 0 Å². The third kappa shape index (κ3) is 4.98. The van der Waals surface area contributed by atoms with E-state index in [4.69, 9.17) is 4.74 Å². The first-order valence-electron chi connectivity index (χ1n) is 10.7. The predicted octanol–water partition coefficient (Wildman–Crippen LogP) is 3.24. The van der Waals surface area contributed by atoms with Crippen molar-refractivity contribution < 1.29 is 9.53 Å². The van der Waals surface area contributed by atoms with Gasteiger partial charge in [0.2, 0.25) is 5.91 Å². The van der Waals surface area contributed by atoms with Crippen LogP contribution in [0, 0.1) is 0 Å². The molecule has 0 unspecified atom stereocenters. The quantitative estimate of drug-likeness (QED) is 0.756. The number of carbonyl (C=O) groups excluding carboxylic acids is 1. The largest absolute Gasteiger partial charge is 0.381 e. The molecule has 0 atom stereocenters. The van der Waals surface area contributed by atoms with Gasteiger partial charge in [-0.2, -0.15) is 0 Å². The molecule has 2 aliphatic rings. The van der Waals surface area contributed by atoms with E-state index in [0.717, 1.165) is 58.8 Å². The molecule has 3 heterocycles. The number of carbonyl (C=O) groups is 1. The Morgan fingerprint density at radius 3 is 2.34 bits per heavy atom. The molecule has 5 heteroatoms. The molecular weight excluding hydrogens is 362 g/mol. The van der Waals surface area contributed by atoms with E-state index in [1.54, 1.807) is 0 Å². The maximum Gasteiger partial charge on any atom is 0.225 e. The molecule has 0 spiro atoms. The zero-order valence-corrected chi connectivity index (χ0v) is 17.1. The van der Waals surface area contributed by atoms with Crippen LogP contribution in [-0.2, 0) is 15.1 Å². The van der Waals surface area contributed by atoms with Gasteiger partial charge in [-0.05, 0) is 30.5 Å². The molecule has 154 valence electrons. The number of aromatic nitrogens is 1. The Labute approximate surface area is 173 Å². The van der Waals surface area contributed by atoms with Gasteiger partial charge in [-0.1, -0.05) is 42.5 Å². The van der Waals surface area contributed by atoms with Crippen molar-refractivity contribution in [1.82, 2.24) is 14.4 Å². The van der Waals surface area contributed by atoms with Gasteiger partial charge in [0.05, 0.1) is 12.0 Å². The number of ether oxygens (including phenoxy) is 1. The summed E-state index contributed by atoms with van der Waals surface area (Å²) < 4.78 is 7.82. The average molecular weight is 394 g/mol. The van der Waals surface area contributed by atoms with Crippen LogP contribution in [-0.4, -0.2) is 66.2 Å². The molecule has 0 N–H and O–H groups in total. The molecule has 1 amide bonds. The highest BCUT2D eigenvalue weighted by Crippen LogP contribution is 2.33. The molecule has 29 heavy (non-hydrogen) atoms. The Morgan fingerprint density at radius 2 is 1.66 bits per heavy atom. The predicted molar refractivity (Wildman–Crippen MR) is 116 cm³/mol. The average Bonchev–Trinajstić information content (AvgIpc) is 3.31. The topological polar surface area (TPSA) is 37.7 Å². The zero-order chi connectivity index (χ0) is 19.9. The van der Waals surface area contributed by atoms with Crippen molar-refractivity contribution in [3.8, 4) is 0 Å². The van der Waals surface area contributed by atoms with Crippen molar-refractivity contribution in [3.05, 3.63) is 66.5 Å². The summed E-state index contributed by atoms with van der Waals surface area (Å²) in [5.74, 6) is 0.278. The Bertz CT molecular complexity index is 787. The maximum absolute atomic E-state index is 13.1. The highest BCUT2D eigenvalue weighted by Gasteiger charge is 2.37. The lowest BCUT2D eigenvalue weighted by Gasteiger charge is -2.41. The minimum absolute atomic E-state index is 0.131. The fourth-order valence-electron chi connectivity index (χ4n) is 4.40. The minimum atomic E-state index is -0.131. The van der Waals surface area contributed by atoms with E-state index in [1.807, 2.05) is 18.2 Å². The highest BCUT2D eigenvalue weighted by atomic mass is 16.5. The summed E-state index contributed by atoms with van der Waals surface area (Å²) in [5.41, 5.74) is 1.10. The second kappa shape index (κ2) is 9.42. The molecular formula is C24H31N3O2. The summed E-state index contributed by atoms with van der Waals surface area (Å²) in [5, 5.41) is 0. The molecule has 5 nitrogen and oxygen atoms in total. The normalized spacial score (nSPS) is 20.2. The van der Waals surface area contributed by atoms with Crippen molar-refractivity contribution in [2.24, 2.45) is 0 Å². The van der Waals surface area contributed by atoms with Crippen LogP contribution in [0.25, 0.3) is 6.08 Å². The zero-order valence-electron chi connectivity index (χ0n) is 17.1. The summed E-state index contributed by atoms with van der Waals surface area (Å²) in [6.07, 6.45) is 10.9.